The average molecular weight is 290 g/mol. The molecule has 1 aromatic carbocycles. The van der Waals surface area contributed by atoms with E-state index in [1.54, 1.807) is 19.1 Å². The van der Waals surface area contributed by atoms with E-state index in [1.165, 1.54) is 23.4 Å². The lowest BCUT2D eigenvalue weighted by Crippen LogP contribution is -2.26. The van der Waals surface area contributed by atoms with Gasteiger partial charge >= 0.3 is 0 Å². The van der Waals surface area contributed by atoms with Crippen LogP contribution in [0.3, 0.4) is 0 Å². The zero-order valence-electron chi connectivity index (χ0n) is 12.2. The van der Waals surface area contributed by atoms with E-state index < -0.39 is 0 Å². The van der Waals surface area contributed by atoms with E-state index in [-0.39, 0.29) is 17.8 Å². The molecule has 0 aliphatic rings. The van der Waals surface area contributed by atoms with Crippen LogP contribution >= 0.6 is 0 Å². The fourth-order valence-corrected chi connectivity index (χ4v) is 2.08. The van der Waals surface area contributed by atoms with Gasteiger partial charge in [-0.1, -0.05) is 19.4 Å². The number of nitrogens with zero attached hydrogens (tertiary/aromatic N) is 3. The number of unbranched alkanes of at least 4 members (excludes halogenated alkanes) is 1. The molecule has 5 nitrogen and oxygen atoms in total. The molecule has 2 aromatic rings. The number of nitrogens with one attached hydrogen (secondary N) is 1. The van der Waals surface area contributed by atoms with Crippen LogP contribution in [0.4, 0.5) is 4.39 Å². The van der Waals surface area contributed by atoms with Crippen LogP contribution < -0.4 is 5.32 Å². The van der Waals surface area contributed by atoms with E-state index in [0.717, 1.165) is 12.8 Å². The predicted molar refractivity (Wildman–Crippen MR) is 77.4 cm³/mol. The van der Waals surface area contributed by atoms with E-state index in [1.807, 2.05) is 6.92 Å². The number of rotatable bonds is 6. The summed E-state index contributed by atoms with van der Waals surface area (Å²) in [7, 11) is 0. The zero-order valence-corrected chi connectivity index (χ0v) is 12.2. The van der Waals surface area contributed by atoms with Gasteiger partial charge in [0.2, 0.25) is 5.91 Å². The average Bonchev–Trinajstić information content (AvgIpc) is 2.99. The highest BCUT2D eigenvalue weighted by molar-refractivity contribution is 5.76. The van der Waals surface area contributed by atoms with Gasteiger partial charge in [-0.3, -0.25) is 4.79 Å². The summed E-state index contributed by atoms with van der Waals surface area (Å²) in [6, 6.07) is 4.44. The quantitative estimate of drug-likeness (QED) is 0.890. The highest BCUT2D eigenvalue weighted by Gasteiger charge is 2.14. The molecule has 0 radical (unpaired) electrons. The summed E-state index contributed by atoms with van der Waals surface area (Å²) in [6.45, 7) is 3.80. The third-order valence-electron chi connectivity index (χ3n) is 3.27. The monoisotopic (exact) mass is 290 g/mol. The summed E-state index contributed by atoms with van der Waals surface area (Å²) in [5, 5.41) is 6.77. The fraction of sp³-hybridized carbons (Fsp3) is 0.400. The van der Waals surface area contributed by atoms with E-state index in [0.29, 0.717) is 17.7 Å². The van der Waals surface area contributed by atoms with E-state index in [4.69, 9.17) is 0 Å². The molecule has 0 fully saturated rings. The Morgan fingerprint density at radius 3 is 2.90 bits per heavy atom. The molecule has 0 saturated carbocycles. The molecule has 1 aromatic heterocycles. The highest BCUT2D eigenvalue weighted by Crippen LogP contribution is 2.20. The van der Waals surface area contributed by atoms with Crippen molar-refractivity contribution in [3.8, 4) is 5.69 Å². The molecule has 0 aliphatic carbocycles. The summed E-state index contributed by atoms with van der Waals surface area (Å²) < 4.78 is 15.7. The smallest absolute Gasteiger partial charge is 0.220 e. The van der Waals surface area contributed by atoms with Gasteiger partial charge in [0, 0.05) is 12.0 Å². The van der Waals surface area contributed by atoms with Crippen molar-refractivity contribution >= 4 is 5.91 Å². The van der Waals surface area contributed by atoms with Crippen LogP contribution in [0.15, 0.2) is 30.9 Å². The van der Waals surface area contributed by atoms with Gasteiger partial charge in [0.05, 0.1) is 11.7 Å². The first kappa shape index (κ1) is 15.2. The number of amides is 1. The standard InChI is InChI=1S/C15H19FN4O/c1-3-4-5-15(21)19-11(2)13-7-6-12(8-14(13)16)20-10-17-9-18-20/h6-11H,3-5H2,1-2H3,(H,19,21). The first-order chi connectivity index (χ1) is 10.1. The molecule has 1 atom stereocenters. The van der Waals surface area contributed by atoms with Crippen molar-refractivity contribution in [1.29, 1.82) is 0 Å². The number of carbonyl (C=O) groups is 1. The Morgan fingerprint density at radius 1 is 1.48 bits per heavy atom. The molecule has 1 amide bonds. The van der Waals surface area contributed by atoms with Gasteiger partial charge in [-0.2, -0.15) is 5.10 Å². The van der Waals surface area contributed by atoms with E-state index in [2.05, 4.69) is 15.4 Å². The van der Waals surface area contributed by atoms with Crippen LogP contribution in [0.1, 0.15) is 44.7 Å². The number of hydrogen-bond donors (Lipinski definition) is 1. The molecule has 0 bridgehead atoms. The van der Waals surface area contributed by atoms with E-state index >= 15 is 0 Å². The van der Waals surface area contributed by atoms with Crippen LogP contribution in [0.25, 0.3) is 5.69 Å². The van der Waals surface area contributed by atoms with Gasteiger partial charge in [-0.25, -0.2) is 14.1 Å². The van der Waals surface area contributed by atoms with Crippen molar-refractivity contribution in [2.45, 2.75) is 39.2 Å². The van der Waals surface area contributed by atoms with Crippen molar-refractivity contribution in [3.05, 3.63) is 42.2 Å². The maximum Gasteiger partial charge on any atom is 0.220 e. The number of hydrogen-bond acceptors (Lipinski definition) is 3. The molecule has 1 heterocycles. The minimum Gasteiger partial charge on any atom is -0.349 e. The van der Waals surface area contributed by atoms with Crippen molar-refractivity contribution in [3.63, 3.8) is 0 Å². The minimum atomic E-state index is -0.369. The van der Waals surface area contributed by atoms with Crippen molar-refractivity contribution in [2.24, 2.45) is 0 Å². The molecular weight excluding hydrogens is 271 g/mol. The maximum absolute atomic E-state index is 14.2. The third kappa shape index (κ3) is 3.87. The van der Waals surface area contributed by atoms with Gasteiger partial charge in [0.15, 0.2) is 0 Å². The van der Waals surface area contributed by atoms with Gasteiger partial charge in [0.1, 0.15) is 18.5 Å². The van der Waals surface area contributed by atoms with Crippen LogP contribution in [0.2, 0.25) is 0 Å². The number of benzene rings is 1. The molecule has 6 heteroatoms. The Balaban J connectivity index is 2.08. The Kier molecular flexibility index (Phi) is 5.03. The molecular formula is C15H19FN4O. The lowest BCUT2D eigenvalue weighted by Gasteiger charge is -2.15. The largest absolute Gasteiger partial charge is 0.349 e. The van der Waals surface area contributed by atoms with Crippen LogP contribution in [-0.4, -0.2) is 20.7 Å². The molecule has 0 aliphatic heterocycles. The SMILES string of the molecule is CCCCC(=O)NC(C)c1ccc(-n2cncn2)cc1F. The number of halogens is 1. The van der Waals surface area contributed by atoms with Crippen molar-refractivity contribution < 1.29 is 9.18 Å². The first-order valence-corrected chi connectivity index (χ1v) is 7.05. The van der Waals surface area contributed by atoms with Crippen LogP contribution in [0.5, 0.6) is 0 Å². The minimum absolute atomic E-state index is 0.0518. The second-order valence-corrected chi connectivity index (χ2v) is 4.94. The molecule has 2 rings (SSSR count). The predicted octanol–water partition coefficient (Wildman–Crippen LogP) is 2.77. The topological polar surface area (TPSA) is 59.8 Å². The molecule has 21 heavy (non-hydrogen) atoms. The summed E-state index contributed by atoms with van der Waals surface area (Å²) >= 11 is 0. The lowest BCUT2D eigenvalue weighted by molar-refractivity contribution is -0.121. The van der Waals surface area contributed by atoms with Crippen molar-refractivity contribution in [2.75, 3.05) is 0 Å². The molecule has 112 valence electrons. The summed E-state index contributed by atoms with van der Waals surface area (Å²) in [6.07, 6.45) is 5.17. The number of aromatic nitrogens is 3. The fourth-order valence-electron chi connectivity index (χ4n) is 2.08. The lowest BCUT2D eigenvalue weighted by atomic mass is 10.1. The Bertz CT molecular complexity index is 598. The molecule has 0 spiro atoms. The van der Waals surface area contributed by atoms with Gasteiger partial charge in [0.25, 0.3) is 0 Å². The summed E-state index contributed by atoms with van der Waals surface area (Å²) in [5.74, 6) is -0.421. The Morgan fingerprint density at radius 2 is 2.29 bits per heavy atom. The van der Waals surface area contributed by atoms with Crippen LogP contribution in [-0.2, 0) is 4.79 Å². The normalized spacial score (nSPS) is 12.1. The third-order valence-corrected chi connectivity index (χ3v) is 3.27. The summed E-state index contributed by atoms with van der Waals surface area (Å²) in [5.41, 5.74) is 1.06. The van der Waals surface area contributed by atoms with Crippen LogP contribution in [0, 0.1) is 5.82 Å². The second kappa shape index (κ2) is 6.97. The Hall–Kier alpha value is -2.24. The Labute approximate surface area is 123 Å². The number of carbonyl (C=O) groups excluding carboxylic acids is 1. The van der Waals surface area contributed by atoms with E-state index in [9.17, 15) is 9.18 Å². The van der Waals surface area contributed by atoms with Gasteiger partial charge in [-0.15, -0.1) is 0 Å². The van der Waals surface area contributed by atoms with Gasteiger partial charge < -0.3 is 5.32 Å². The summed E-state index contributed by atoms with van der Waals surface area (Å²) in [4.78, 5) is 15.5. The highest BCUT2D eigenvalue weighted by atomic mass is 19.1. The molecule has 1 N–H and O–H groups in total. The zero-order chi connectivity index (χ0) is 15.2. The van der Waals surface area contributed by atoms with Gasteiger partial charge in [-0.05, 0) is 25.5 Å². The molecule has 0 saturated heterocycles. The van der Waals surface area contributed by atoms with Crippen molar-refractivity contribution in [1.82, 2.24) is 20.1 Å². The first-order valence-electron chi connectivity index (χ1n) is 7.05. The maximum atomic E-state index is 14.2. The second-order valence-electron chi connectivity index (χ2n) is 4.94. The molecule has 1 unspecified atom stereocenters.